The van der Waals surface area contributed by atoms with Crippen LogP contribution in [0.4, 0.5) is 10.1 Å². The van der Waals surface area contributed by atoms with Gasteiger partial charge >= 0.3 is 11.8 Å². The smallest absolute Gasteiger partial charge is 0.313 e. The van der Waals surface area contributed by atoms with E-state index in [0.717, 1.165) is 18.9 Å². The summed E-state index contributed by atoms with van der Waals surface area (Å²) in [7, 11) is 0. The van der Waals surface area contributed by atoms with Gasteiger partial charge in [0, 0.05) is 18.8 Å². The van der Waals surface area contributed by atoms with Crippen LogP contribution < -0.4 is 10.6 Å². The Morgan fingerprint density at radius 3 is 2.43 bits per heavy atom. The molecule has 0 saturated heterocycles. The molecule has 0 radical (unpaired) electrons. The van der Waals surface area contributed by atoms with E-state index in [9.17, 15) is 14.0 Å². The van der Waals surface area contributed by atoms with Crippen LogP contribution in [-0.2, 0) is 9.59 Å². The lowest BCUT2D eigenvalue weighted by Crippen LogP contribution is -2.42. The van der Waals surface area contributed by atoms with Gasteiger partial charge in [-0.3, -0.25) is 9.59 Å². The van der Waals surface area contributed by atoms with Crippen molar-refractivity contribution in [2.45, 2.75) is 33.1 Å². The third-order valence-corrected chi connectivity index (χ3v) is 4.46. The van der Waals surface area contributed by atoms with Gasteiger partial charge in [0.15, 0.2) is 0 Å². The average Bonchev–Trinajstić information content (AvgIpc) is 2.54. The Hall–Kier alpha value is -1.66. The minimum atomic E-state index is -0.878. The molecular formula is C16H22ClFN2O3. The Morgan fingerprint density at radius 2 is 1.91 bits per heavy atom. The quantitative estimate of drug-likeness (QED) is 0.665. The summed E-state index contributed by atoms with van der Waals surface area (Å²) in [6.45, 7) is 4.26. The summed E-state index contributed by atoms with van der Waals surface area (Å²) < 4.78 is 13.3. The van der Waals surface area contributed by atoms with E-state index in [2.05, 4.69) is 10.6 Å². The van der Waals surface area contributed by atoms with Crippen molar-refractivity contribution in [3.8, 4) is 0 Å². The highest BCUT2D eigenvalue weighted by molar-refractivity contribution is 6.39. The van der Waals surface area contributed by atoms with Crippen LogP contribution >= 0.6 is 11.6 Å². The summed E-state index contributed by atoms with van der Waals surface area (Å²) in [4.78, 5) is 23.7. The third kappa shape index (κ3) is 5.48. The maximum absolute atomic E-state index is 13.3. The zero-order valence-electron chi connectivity index (χ0n) is 13.3. The number of hydrogen-bond donors (Lipinski definition) is 3. The number of amides is 2. The Balaban J connectivity index is 2.63. The minimum Gasteiger partial charge on any atom is -0.396 e. The fourth-order valence-electron chi connectivity index (χ4n) is 2.29. The Bertz CT molecular complexity index is 562. The number of nitrogens with one attached hydrogen (secondary N) is 2. The van der Waals surface area contributed by atoms with Crippen molar-refractivity contribution >= 4 is 29.1 Å². The molecule has 0 fully saturated rings. The molecule has 3 N–H and O–H groups in total. The van der Waals surface area contributed by atoms with Crippen molar-refractivity contribution in [2.75, 3.05) is 18.5 Å². The third-order valence-electron chi connectivity index (χ3n) is 4.15. The van der Waals surface area contributed by atoms with E-state index >= 15 is 0 Å². The highest BCUT2D eigenvalue weighted by Crippen LogP contribution is 2.29. The van der Waals surface area contributed by atoms with Crippen LogP contribution in [0.1, 0.15) is 33.1 Å². The number of benzene rings is 1. The van der Waals surface area contributed by atoms with Crippen LogP contribution in [0.25, 0.3) is 0 Å². The molecule has 0 heterocycles. The molecule has 1 rings (SSSR count). The monoisotopic (exact) mass is 344 g/mol. The molecule has 1 aromatic rings. The van der Waals surface area contributed by atoms with Gasteiger partial charge in [0.05, 0.1) is 5.02 Å². The molecule has 0 aliphatic carbocycles. The zero-order valence-corrected chi connectivity index (χ0v) is 14.0. The van der Waals surface area contributed by atoms with Crippen molar-refractivity contribution in [2.24, 2.45) is 5.41 Å². The number of anilines is 1. The molecule has 0 saturated carbocycles. The van der Waals surface area contributed by atoms with E-state index in [1.165, 1.54) is 12.1 Å². The van der Waals surface area contributed by atoms with Gasteiger partial charge in [-0.2, -0.15) is 0 Å². The lowest BCUT2D eigenvalue weighted by atomic mass is 9.79. The predicted octanol–water partition coefficient (Wildman–Crippen LogP) is 2.72. The number of aliphatic hydroxyl groups excluding tert-OH is 1. The van der Waals surface area contributed by atoms with Gasteiger partial charge < -0.3 is 15.7 Å². The van der Waals surface area contributed by atoms with Crippen LogP contribution in [0.15, 0.2) is 18.2 Å². The van der Waals surface area contributed by atoms with Crippen molar-refractivity contribution in [3.63, 3.8) is 0 Å². The maximum Gasteiger partial charge on any atom is 0.313 e. The fraction of sp³-hybridized carbons (Fsp3) is 0.500. The van der Waals surface area contributed by atoms with Crippen molar-refractivity contribution in [3.05, 3.63) is 29.0 Å². The summed E-state index contributed by atoms with van der Waals surface area (Å²) in [6, 6.07) is 3.75. The van der Waals surface area contributed by atoms with E-state index in [-0.39, 0.29) is 22.7 Å². The summed E-state index contributed by atoms with van der Waals surface area (Å²) in [5.74, 6) is -2.36. The van der Waals surface area contributed by atoms with E-state index in [4.69, 9.17) is 16.7 Å². The fourth-order valence-corrected chi connectivity index (χ4v) is 2.41. The SMILES string of the molecule is CCC(CC)(CCO)CNC(=O)C(=O)Nc1ccc(Cl)c(F)c1. The molecule has 5 nitrogen and oxygen atoms in total. The molecule has 0 aliphatic rings. The molecule has 0 spiro atoms. The topological polar surface area (TPSA) is 78.4 Å². The molecule has 128 valence electrons. The second kappa shape index (κ2) is 8.84. The molecule has 0 aliphatic heterocycles. The number of carbonyl (C=O) groups excluding carboxylic acids is 2. The largest absolute Gasteiger partial charge is 0.396 e. The standard InChI is InChI=1S/C16H22ClFN2O3/c1-3-16(4-2,7-8-21)10-19-14(22)15(23)20-11-5-6-12(17)13(18)9-11/h5-6,9,21H,3-4,7-8,10H2,1-2H3,(H,19,22)(H,20,23). The van der Waals surface area contributed by atoms with Gasteiger partial charge in [-0.05, 0) is 42.9 Å². The molecule has 23 heavy (non-hydrogen) atoms. The van der Waals surface area contributed by atoms with Gasteiger partial charge in [0.2, 0.25) is 0 Å². The first kappa shape index (κ1) is 19.4. The number of aliphatic hydroxyl groups is 1. The maximum atomic E-state index is 13.3. The number of halogens is 2. The summed E-state index contributed by atoms with van der Waals surface area (Å²) in [6.07, 6.45) is 2.09. The van der Waals surface area contributed by atoms with Crippen LogP contribution in [0.3, 0.4) is 0 Å². The van der Waals surface area contributed by atoms with Gasteiger partial charge in [-0.15, -0.1) is 0 Å². The molecule has 2 amide bonds. The lowest BCUT2D eigenvalue weighted by Gasteiger charge is -2.31. The first-order valence-electron chi connectivity index (χ1n) is 7.52. The average molecular weight is 345 g/mol. The second-order valence-electron chi connectivity index (χ2n) is 5.45. The van der Waals surface area contributed by atoms with Crippen molar-refractivity contribution < 1.29 is 19.1 Å². The van der Waals surface area contributed by atoms with E-state index in [1.54, 1.807) is 0 Å². The minimum absolute atomic E-state index is 0.0216. The summed E-state index contributed by atoms with van der Waals surface area (Å²) >= 11 is 5.55. The molecule has 1 aromatic carbocycles. The molecule has 0 aromatic heterocycles. The first-order valence-corrected chi connectivity index (χ1v) is 7.90. The van der Waals surface area contributed by atoms with Crippen molar-refractivity contribution in [1.82, 2.24) is 5.32 Å². The summed E-state index contributed by atoms with van der Waals surface area (Å²) in [5.41, 5.74) is -0.0866. The van der Waals surface area contributed by atoms with Gasteiger partial charge in [0.25, 0.3) is 0 Å². The Kier molecular flexibility index (Phi) is 7.45. The predicted molar refractivity (Wildman–Crippen MR) is 87.8 cm³/mol. The summed E-state index contributed by atoms with van der Waals surface area (Å²) in [5, 5.41) is 14.0. The molecule has 0 unspecified atom stereocenters. The Morgan fingerprint density at radius 1 is 1.26 bits per heavy atom. The van der Waals surface area contributed by atoms with Gasteiger partial charge in [-0.1, -0.05) is 25.4 Å². The van der Waals surface area contributed by atoms with Gasteiger partial charge in [-0.25, -0.2) is 4.39 Å². The molecule has 0 atom stereocenters. The van der Waals surface area contributed by atoms with Crippen LogP contribution in [0.5, 0.6) is 0 Å². The Labute approximate surface area is 140 Å². The highest BCUT2D eigenvalue weighted by Gasteiger charge is 2.27. The molecule has 0 bridgehead atoms. The first-order chi connectivity index (χ1) is 10.9. The van der Waals surface area contributed by atoms with E-state index in [1.807, 2.05) is 13.8 Å². The van der Waals surface area contributed by atoms with Gasteiger partial charge in [0.1, 0.15) is 5.82 Å². The van der Waals surface area contributed by atoms with Crippen LogP contribution in [0, 0.1) is 11.2 Å². The van der Waals surface area contributed by atoms with Crippen LogP contribution in [-0.4, -0.2) is 30.1 Å². The van der Waals surface area contributed by atoms with E-state index in [0.29, 0.717) is 13.0 Å². The number of rotatable bonds is 7. The van der Waals surface area contributed by atoms with Crippen molar-refractivity contribution in [1.29, 1.82) is 0 Å². The number of hydrogen-bond acceptors (Lipinski definition) is 3. The normalized spacial score (nSPS) is 11.2. The zero-order chi connectivity index (χ0) is 17.5. The highest BCUT2D eigenvalue weighted by atomic mass is 35.5. The number of carbonyl (C=O) groups is 2. The lowest BCUT2D eigenvalue weighted by molar-refractivity contribution is -0.136. The second-order valence-corrected chi connectivity index (χ2v) is 5.85. The van der Waals surface area contributed by atoms with Crippen LogP contribution in [0.2, 0.25) is 5.02 Å². The molecule has 7 heteroatoms. The molecular weight excluding hydrogens is 323 g/mol. The van der Waals surface area contributed by atoms with E-state index < -0.39 is 17.6 Å².